The average Bonchev–Trinajstić information content (AvgIpc) is 3.35. The van der Waals surface area contributed by atoms with E-state index in [1.807, 2.05) is 6.07 Å². The molecule has 0 bridgehead atoms. The van der Waals surface area contributed by atoms with E-state index >= 15 is 0 Å². The van der Waals surface area contributed by atoms with Crippen molar-refractivity contribution in [1.29, 1.82) is 0 Å². The van der Waals surface area contributed by atoms with Crippen molar-refractivity contribution >= 4 is 0 Å². The zero-order valence-corrected chi connectivity index (χ0v) is 16.2. The number of phenolic OH excluding ortho intramolecular Hbond substituents is 1. The SMILES string of the molecule is Cc1ccc(O)c2c1[C@]13CCN(CC4CC4)[C@H](C)[C@]1(O)CC[C@H](C)[C@@H]3O2. The van der Waals surface area contributed by atoms with Gasteiger partial charge in [-0.3, -0.25) is 4.90 Å². The fourth-order valence-corrected chi connectivity index (χ4v) is 6.36. The molecule has 0 amide bonds. The minimum Gasteiger partial charge on any atom is -0.504 e. The van der Waals surface area contributed by atoms with Gasteiger partial charge in [0.05, 0.1) is 11.0 Å². The molecular weight excluding hydrogens is 326 g/mol. The molecule has 4 nitrogen and oxygen atoms in total. The number of aryl methyl sites for hydroxylation is 1. The summed E-state index contributed by atoms with van der Waals surface area (Å²) in [6.07, 6.45) is 5.32. The predicted octanol–water partition coefficient (Wildman–Crippen LogP) is 3.36. The summed E-state index contributed by atoms with van der Waals surface area (Å²) in [7, 11) is 0. The second-order valence-electron chi connectivity index (χ2n) is 9.42. The lowest BCUT2D eigenvalue weighted by molar-refractivity contribution is -0.187. The van der Waals surface area contributed by atoms with Crippen LogP contribution in [0.4, 0.5) is 0 Å². The molecule has 2 saturated carbocycles. The molecule has 2 aliphatic heterocycles. The Hall–Kier alpha value is -1.26. The molecule has 5 atom stereocenters. The first-order valence-corrected chi connectivity index (χ1v) is 10.3. The highest BCUT2D eigenvalue weighted by Gasteiger charge is 2.69. The van der Waals surface area contributed by atoms with Gasteiger partial charge in [0.2, 0.25) is 0 Å². The summed E-state index contributed by atoms with van der Waals surface area (Å²) in [6, 6.07) is 3.83. The van der Waals surface area contributed by atoms with E-state index in [2.05, 4.69) is 25.7 Å². The Morgan fingerprint density at radius 2 is 1.96 bits per heavy atom. The molecule has 2 heterocycles. The molecule has 4 aliphatic rings. The van der Waals surface area contributed by atoms with Crippen LogP contribution in [-0.2, 0) is 5.41 Å². The molecule has 5 rings (SSSR count). The molecule has 1 saturated heterocycles. The highest BCUT2D eigenvalue weighted by molar-refractivity contribution is 5.59. The number of nitrogens with zero attached hydrogens (tertiary/aromatic N) is 1. The Morgan fingerprint density at radius 1 is 1.19 bits per heavy atom. The van der Waals surface area contributed by atoms with Crippen LogP contribution in [0.2, 0.25) is 0 Å². The number of fused-ring (bicyclic) bond motifs is 1. The molecule has 0 radical (unpaired) electrons. The van der Waals surface area contributed by atoms with Crippen molar-refractivity contribution < 1.29 is 14.9 Å². The van der Waals surface area contributed by atoms with Gasteiger partial charge in [-0.25, -0.2) is 0 Å². The van der Waals surface area contributed by atoms with E-state index in [1.54, 1.807) is 6.07 Å². The van der Waals surface area contributed by atoms with E-state index in [9.17, 15) is 10.2 Å². The van der Waals surface area contributed by atoms with Crippen LogP contribution in [0.1, 0.15) is 57.1 Å². The number of likely N-dealkylation sites (tertiary alicyclic amines) is 1. The monoisotopic (exact) mass is 357 g/mol. The maximum absolute atomic E-state index is 12.2. The summed E-state index contributed by atoms with van der Waals surface area (Å²) in [6.45, 7) is 8.67. The van der Waals surface area contributed by atoms with Crippen LogP contribution < -0.4 is 4.74 Å². The molecule has 1 aromatic rings. The topological polar surface area (TPSA) is 52.9 Å². The molecule has 0 unspecified atom stereocenters. The van der Waals surface area contributed by atoms with Crippen molar-refractivity contribution in [2.45, 2.75) is 76.0 Å². The number of hydrogen-bond donors (Lipinski definition) is 2. The van der Waals surface area contributed by atoms with Crippen molar-refractivity contribution in [2.75, 3.05) is 13.1 Å². The van der Waals surface area contributed by atoms with E-state index in [0.717, 1.165) is 49.4 Å². The summed E-state index contributed by atoms with van der Waals surface area (Å²) >= 11 is 0. The standard InChI is InChI=1S/C22H31NO3/c1-13-4-7-17(24)19-18(13)21-10-11-23(12-16-5-6-16)15(3)22(21,25)9-8-14(2)20(21)26-19/h4,7,14-16,20,24-25H,5-6,8-12H2,1-3H3/t14-,15+,20-,21-,22+/m0/s1. The highest BCUT2D eigenvalue weighted by atomic mass is 16.5. The van der Waals surface area contributed by atoms with Gasteiger partial charge in [-0.15, -0.1) is 0 Å². The smallest absolute Gasteiger partial charge is 0.165 e. The average molecular weight is 357 g/mol. The number of ether oxygens (including phenoxy) is 1. The normalized spacial score (nSPS) is 41.9. The van der Waals surface area contributed by atoms with Crippen molar-refractivity contribution in [3.63, 3.8) is 0 Å². The summed E-state index contributed by atoms with van der Waals surface area (Å²) in [5, 5.41) is 22.7. The van der Waals surface area contributed by atoms with Gasteiger partial charge in [-0.1, -0.05) is 13.0 Å². The maximum Gasteiger partial charge on any atom is 0.165 e. The van der Waals surface area contributed by atoms with Gasteiger partial charge in [0, 0.05) is 18.2 Å². The molecule has 1 aromatic carbocycles. The van der Waals surface area contributed by atoms with Gasteiger partial charge in [-0.05, 0) is 76.0 Å². The van der Waals surface area contributed by atoms with Gasteiger partial charge < -0.3 is 14.9 Å². The summed E-state index contributed by atoms with van der Waals surface area (Å²) in [5.41, 5.74) is 1.01. The molecule has 26 heavy (non-hydrogen) atoms. The number of piperidine rings is 1. The van der Waals surface area contributed by atoms with Crippen LogP contribution in [0.25, 0.3) is 0 Å². The fraction of sp³-hybridized carbons (Fsp3) is 0.727. The first-order valence-electron chi connectivity index (χ1n) is 10.3. The lowest BCUT2D eigenvalue weighted by Crippen LogP contribution is -2.73. The zero-order chi connectivity index (χ0) is 18.3. The molecule has 2 aliphatic carbocycles. The molecule has 1 spiro atoms. The first kappa shape index (κ1) is 16.9. The van der Waals surface area contributed by atoms with Gasteiger partial charge in [0.25, 0.3) is 0 Å². The van der Waals surface area contributed by atoms with Gasteiger partial charge >= 0.3 is 0 Å². The largest absolute Gasteiger partial charge is 0.504 e. The second kappa shape index (κ2) is 5.39. The molecule has 2 N–H and O–H groups in total. The van der Waals surface area contributed by atoms with Crippen LogP contribution in [0.5, 0.6) is 11.5 Å². The molecule has 3 fully saturated rings. The summed E-state index contributed by atoms with van der Waals surface area (Å²) in [5.74, 6) is 2.05. The molecule has 0 aromatic heterocycles. The van der Waals surface area contributed by atoms with E-state index in [1.165, 1.54) is 12.8 Å². The van der Waals surface area contributed by atoms with Gasteiger partial charge in [-0.2, -0.15) is 0 Å². The van der Waals surface area contributed by atoms with Gasteiger partial charge in [0.1, 0.15) is 6.10 Å². The van der Waals surface area contributed by atoms with Crippen LogP contribution >= 0.6 is 0 Å². The zero-order valence-electron chi connectivity index (χ0n) is 16.2. The number of aliphatic hydroxyl groups is 1. The van der Waals surface area contributed by atoms with E-state index in [0.29, 0.717) is 11.7 Å². The number of hydrogen-bond acceptors (Lipinski definition) is 4. The second-order valence-corrected chi connectivity index (χ2v) is 9.42. The first-order chi connectivity index (χ1) is 12.4. The highest BCUT2D eigenvalue weighted by Crippen LogP contribution is 2.63. The molecule has 142 valence electrons. The van der Waals surface area contributed by atoms with Crippen LogP contribution in [-0.4, -0.2) is 45.9 Å². The number of phenols is 1. The fourth-order valence-electron chi connectivity index (χ4n) is 6.36. The number of aromatic hydroxyl groups is 1. The quantitative estimate of drug-likeness (QED) is 0.852. The molecular formula is C22H31NO3. The third-order valence-corrected chi connectivity index (χ3v) is 8.01. The Morgan fingerprint density at radius 3 is 2.69 bits per heavy atom. The van der Waals surface area contributed by atoms with E-state index in [-0.39, 0.29) is 17.9 Å². The van der Waals surface area contributed by atoms with E-state index < -0.39 is 11.0 Å². The van der Waals surface area contributed by atoms with Crippen molar-refractivity contribution in [3.8, 4) is 11.5 Å². The third kappa shape index (κ3) is 1.98. The van der Waals surface area contributed by atoms with Crippen LogP contribution in [0.15, 0.2) is 12.1 Å². The minimum atomic E-state index is -0.804. The Balaban J connectivity index is 1.66. The Bertz CT molecular complexity index is 745. The van der Waals surface area contributed by atoms with Crippen molar-refractivity contribution in [3.05, 3.63) is 23.3 Å². The number of benzene rings is 1. The summed E-state index contributed by atoms with van der Waals surface area (Å²) < 4.78 is 6.41. The molecule has 4 heteroatoms. The maximum atomic E-state index is 12.2. The van der Waals surface area contributed by atoms with Crippen LogP contribution in [0, 0.1) is 18.8 Å². The predicted molar refractivity (Wildman–Crippen MR) is 101 cm³/mol. The van der Waals surface area contributed by atoms with Crippen LogP contribution in [0.3, 0.4) is 0 Å². The number of rotatable bonds is 2. The van der Waals surface area contributed by atoms with Gasteiger partial charge in [0.15, 0.2) is 11.5 Å². The van der Waals surface area contributed by atoms with Crippen molar-refractivity contribution in [2.24, 2.45) is 11.8 Å². The van der Waals surface area contributed by atoms with E-state index in [4.69, 9.17) is 4.74 Å². The lowest BCUT2D eigenvalue weighted by atomic mass is 9.51. The lowest BCUT2D eigenvalue weighted by Gasteiger charge is -2.61. The Labute approximate surface area is 156 Å². The Kier molecular flexibility index (Phi) is 3.50. The third-order valence-electron chi connectivity index (χ3n) is 8.01. The van der Waals surface area contributed by atoms with Crippen molar-refractivity contribution in [1.82, 2.24) is 4.90 Å². The minimum absolute atomic E-state index is 0.0474. The summed E-state index contributed by atoms with van der Waals surface area (Å²) in [4.78, 5) is 2.52.